The molecule has 0 aliphatic rings. The third-order valence-corrected chi connectivity index (χ3v) is 3.34. The van der Waals surface area contributed by atoms with Crippen LogP contribution < -0.4 is 16.4 Å². The lowest BCUT2D eigenvalue weighted by Crippen LogP contribution is -2.30. The van der Waals surface area contributed by atoms with Crippen LogP contribution in [0.1, 0.15) is 38.7 Å². The number of anilines is 2. The highest BCUT2D eigenvalue weighted by atomic mass is 79.9. The van der Waals surface area contributed by atoms with E-state index < -0.39 is 0 Å². The van der Waals surface area contributed by atoms with Gasteiger partial charge in [0, 0.05) is 23.4 Å². The molecule has 5 nitrogen and oxygen atoms in total. The van der Waals surface area contributed by atoms with Crippen molar-refractivity contribution < 1.29 is 9.59 Å². The number of rotatable bonds is 6. The zero-order valence-electron chi connectivity index (χ0n) is 12.6. The summed E-state index contributed by atoms with van der Waals surface area (Å²) in [6.45, 7) is 5.69. The Bertz CT molecular complexity index is 530. The van der Waals surface area contributed by atoms with E-state index in [0.29, 0.717) is 24.2 Å². The molecule has 0 radical (unpaired) electrons. The maximum Gasteiger partial charge on any atom is 0.224 e. The van der Waals surface area contributed by atoms with E-state index in [9.17, 15) is 9.59 Å². The summed E-state index contributed by atoms with van der Waals surface area (Å²) in [7, 11) is 0. The molecule has 0 spiro atoms. The van der Waals surface area contributed by atoms with Crippen LogP contribution in [0.2, 0.25) is 0 Å². The molecular formula is C15H22BrN3O2. The van der Waals surface area contributed by atoms with Crippen molar-refractivity contribution in [2.75, 3.05) is 11.1 Å². The SMILES string of the molecule is Cc1cc(Br)cc(NC(=O)CCCC(=O)NC(C)C)c1N. The van der Waals surface area contributed by atoms with E-state index in [1.807, 2.05) is 26.8 Å². The van der Waals surface area contributed by atoms with E-state index in [1.165, 1.54) is 0 Å². The number of benzene rings is 1. The van der Waals surface area contributed by atoms with Crippen LogP contribution in [-0.2, 0) is 9.59 Å². The average molecular weight is 356 g/mol. The highest BCUT2D eigenvalue weighted by Crippen LogP contribution is 2.27. The summed E-state index contributed by atoms with van der Waals surface area (Å²) in [5, 5.41) is 5.57. The second kappa shape index (κ2) is 8.02. The van der Waals surface area contributed by atoms with E-state index in [0.717, 1.165) is 10.0 Å². The molecule has 2 amide bonds. The van der Waals surface area contributed by atoms with Crippen LogP contribution in [-0.4, -0.2) is 17.9 Å². The van der Waals surface area contributed by atoms with E-state index >= 15 is 0 Å². The number of nitrogens with one attached hydrogen (secondary N) is 2. The van der Waals surface area contributed by atoms with Crippen LogP contribution in [0.25, 0.3) is 0 Å². The van der Waals surface area contributed by atoms with E-state index in [1.54, 1.807) is 6.07 Å². The summed E-state index contributed by atoms with van der Waals surface area (Å²) >= 11 is 3.37. The smallest absolute Gasteiger partial charge is 0.224 e. The molecule has 0 atom stereocenters. The number of halogens is 1. The number of aryl methyl sites for hydroxylation is 1. The van der Waals surface area contributed by atoms with Gasteiger partial charge in [-0.2, -0.15) is 0 Å². The third kappa shape index (κ3) is 6.16. The van der Waals surface area contributed by atoms with Gasteiger partial charge < -0.3 is 16.4 Å². The molecule has 0 aliphatic heterocycles. The fraction of sp³-hybridized carbons (Fsp3) is 0.467. The van der Waals surface area contributed by atoms with Crippen LogP contribution in [0.15, 0.2) is 16.6 Å². The second-order valence-corrected chi connectivity index (χ2v) is 6.22. The number of nitrogen functional groups attached to an aromatic ring is 1. The lowest BCUT2D eigenvalue weighted by molar-refractivity contribution is -0.121. The van der Waals surface area contributed by atoms with Crippen molar-refractivity contribution >= 4 is 39.1 Å². The van der Waals surface area contributed by atoms with Gasteiger partial charge in [-0.3, -0.25) is 9.59 Å². The molecule has 4 N–H and O–H groups in total. The predicted molar refractivity (Wildman–Crippen MR) is 89.1 cm³/mol. The van der Waals surface area contributed by atoms with Gasteiger partial charge in [-0.05, 0) is 44.9 Å². The van der Waals surface area contributed by atoms with Gasteiger partial charge in [0.25, 0.3) is 0 Å². The zero-order valence-corrected chi connectivity index (χ0v) is 14.2. The Morgan fingerprint density at radius 3 is 2.48 bits per heavy atom. The van der Waals surface area contributed by atoms with Gasteiger partial charge in [0.2, 0.25) is 11.8 Å². The van der Waals surface area contributed by atoms with E-state index in [2.05, 4.69) is 26.6 Å². The van der Waals surface area contributed by atoms with Gasteiger partial charge in [-0.25, -0.2) is 0 Å². The third-order valence-electron chi connectivity index (χ3n) is 2.88. The Hall–Kier alpha value is -1.56. The normalized spacial score (nSPS) is 10.5. The maximum absolute atomic E-state index is 11.9. The Kier molecular flexibility index (Phi) is 6.68. The summed E-state index contributed by atoms with van der Waals surface area (Å²) in [5.41, 5.74) is 7.99. The summed E-state index contributed by atoms with van der Waals surface area (Å²) < 4.78 is 0.862. The standard InChI is InChI=1S/C15H22BrN3O2/c1-9(2)18-13(20)5-4-6-14(21)19-12-8-11(16)7-10(3)15(12)17/h7-9H,4-6,17H2,1-3H3,(H,18,20)(H,19,21). The molecule has 1 aromatic carbocycles. The topological polar surface area (TPSA) is 84.2 Å². The molecule has 0 aliphatic carbocycles. The van der Waals surface area contributed by atoms with Gasteiger partial charge in [0.1, 0.15) is 0 Å². The average Bonchev–Trinajstić information content (AvgIpc) is 2.34. The molecular weight excluding hydrogens is 334 g/mol. The molecule has 116 valence electrons. The Morgan fingerprint density at radius 1 is 1.24 bits per heavy atom. The molecule has 0 unspecified atom stereocenters. The minimum absolute atomic E-state index is 0.0318. The Labute approximate surface area is 133 Å². The molecule has 0 saturated heterocycles. The highest BCUT2D eigenvalue weighted by molar-refractivity contribution is 9.10. The van der Waals surface area contributed by atoms with E-state index in [-0.39, 0.29) is 24.3 Å². The molecule has 6 heteroatoms. The summed E-state index contributed by atoms with van der Waals surface area (Å²) in [6, 6.07) is 3.78. The quantitative estimate of drug-likeness (QED) is 0.685. The maximum atomic E-state index is 11.9. The number of carbonyl (C=O) groups is 2. The summed E-state index contributed by atoms with van der Waals surface area (Å²) in [6.07, 6.45) is 1.15. The summed E-state index contributed by atoms with van der Waals surface area (Å²) in [4.78, 5) is 23.3. The largest absolute Gasteiger partial charge is 0.397 e. The molecule has 21 heavy (non-hydrogen) atoms. The highest BCUT2D eigenvalue weighted by Gasteiger charge is 2.10. The number of hydrogen-bond acceptors (Lipinski definition) is 3. The lowest BCUT2D eigenvalue weighted by atomic mass is 10.1. The molecule has 1 aromatic rings. The first-order valence-electron chi connectivity index (χ1n) is 6.94. The first kappa shape index (κ1) is 17.5. The van der Waals surface area contributed by atoms with Gasteiger partial charge >= 0.3 is 0 Å². The number of carbonyl (C=O) groups excluding carboxylic acids is 2. The predicted octanol–water partition coefficient (Wildman–Crippen LogP) is 2.97. The van der Waals surface area contributed by atoms with Crippen molar-refractivity contribution in [3.05, 3.63) is 22.2 Å². The number of nitrogens with two attached hydrogens (primary N) is 1. The minimum atomic E-state index is -0.142. The fourth-order valence-electron chi connectivity index (χ4n) is 1.87. The molecule has 1 rings (SSSR count). The van der Waals surface area contributed by atoms with Gasteiger partial charge in [-0.15, -0.1) is 0 Å². The Morgan fingerprint density at radius 2 is 1.86 bits per heavy atom. The van der Waals surface area contributed by atoms with Crippen LogP contribution in [0.4, 0.5) is 11.4 Å². The van der Waals surface area contributed by atoms with Crippen molar-refractivity contribution in [3.63, 3.8) is 0 Å². The van der Waals surface area contributed by atoms with Gasteiger partial charge in [-0.1, -0.05) is 15.9 Å². The van der Waals surface area contributed by atoms with Crippen LogP contribution in [0.5, 0.6) is 0 Å². The Balaban J connectivity index is 2.46. The van der Waals surface area contributed by atoms with Crippen LogP contribution in [0.3, 0.4) is 0 Å². The number of hydrogen-bond donors (Lipinski definition) is 3. The molecule has 0 bridgehead atoms. The van der Waals surface area contributed by atoms with Crippen molar-refractivity contribution in [2.45, 2.75) is 46.1 Å². The van der Waals surface area contributed by atoms with E-state index in [4.69, 9.17) is 5.73 Å². The molecule has 0 fully saturated rings. The molecule has 0 saturated carbocycles. The summed E-state index contributed by atoms with van der Waals surface area (Å²) in [5.74, 6) is -0.174. The van der Waals surface area contributed by atoms with Gasteiger partial charge in [0.05, 0.1) is 11.4 Å². The minimum Gasteiger partial charge on any atom is -0.397 e. The molecule has 0 aromatic heterocycles. The first-order valence-corrected chi connectivity index (χ1v) is 7.73. The first-order chi connectivity index (χ1) is 9.79. The number of amides is 2. The van der Waals surface area contributed by atoms with Crippen LogP contribution >= 0.6 is 15.9 Å². The van der Waals surface area contributed by atoms with Crippen LogP contribution in [0, 0.1) is 6.92 Å². The fourth-order valence-corrected chi connectivity index (χ4v) is 2.45. The van der Waals surface area contributed by atoms with Crippen molar-refractivity contribution in [1.29, 1.82) is 0 Å². The van der Waals surface area contributed by atoms with Crippen molar-refractivity contribution in [3.8, 4) is 0 Å². The van der Waals surface area contributed by atoms with Gasteiger partial charge in [0.15, 0.2) is 0 Å². The molecule has 0 heterocycles. The monoisotopic (exact) mass is 355 g/mol. The lowest BCUT2D eigenvalue weighted by Gasteiger charge is -2.11. The zero-order chi connectivity index (χ0) is 16.0. The van der Waals surface area contributed by atoms with Crippen molar-refractivity contribution in [2.24, 2.45) is 0 Å². The second-order valence-electron chi connectivity index (χ2n) is 5.31. The van der Waals surface area contributed by atoms with Crippen molar-refractivity contribution in [1.82, 2.24) is 5.32 Å².